The van der Waals surface area contributed by atoms with E-state index in [1.807, 2.05) is 20.8 Å². The average Bonchev–Trinajstić information content (AvgIpc) is 3.09. The zero-order valence-corrected chi connectivity index (χ0v) is 16.8. The van der Waals surface area contributed by atoms with Gasteiger partial charge in [0.05, 0.1) is 12.3 Å². The van der Waals surface area contributed by atoms with Gasteiger partial charge in [0, 0.05) is 18.5 Å². The third kappa shape index (κ3) is 6.01. The van der Waals surface area contributed by atoms with Gasteiger partial charge in [0.15, 0.2) is 6.10 Å². The van der Waals surface area contributed by atoms with E-state index in [9.17, 15) is 13.6 Å². The molecular formula is C22H25F2N3O2. The van der Waals surface area contributed by atoms with Crippen LogP contribution in [0.4, 0.5) is 13.6 Å². The summed E-state index contributed by atoms with van der Waals surface area (Å²) in [7, 11) is 0. The van der Waals surface area contributed by atoms with E-state index in [1.165, 1.54) is 24.3 Å². The number of oxime groups is 1. The highest BCUT2D eigenvalue weighted by Crippen LogP contribution is 2.19. The van der Waals surface area contributed by atoms with Gasteiger partial charge in [-0.1, -0.05) is 29.4 Å². The third-order valence-electron chi connectivity index (χ3n) is 4.37. The smallest absolute Gasteiger partial charge is 0.318 e. The second-order valence-electron chi connectivity index (χ2n) is 8.17. The molecule has 154 valence electrons. The summed E-state index contributed by atoms with van der Waals surface area (Å²) in [6.45, 7) is 6.21. The van der Waals surface area contributed by atoms with Crippen LogP contribution in [0.2, 0.25) is 0 Å². The maximum Gasteiger partial charge on any atom is 0.318 e. The van der Waals surface area contributed by atoms with E-state index in [4.69, 9.17) is 4.84 Å². The van der Waals surface area contributed by atoms with Gasteiger partial charge in [0.2, 0.25) is 0 Å². The Bertz CT molecular complexity index is 892. The van der Waals surface area contributed by atoms with Crippen LogP contribution in [0.1, 0.15) is 38.3 Å². The van der Waals surface area contributed by atoms with Gasteiger partial charge < -0.3 is 15.1 Å². The van der Waals surface area contributed by atoms with Gasteiger partial charge in [-0.15, -0.1) is 0 Å². The van der Waals surface area contributed by atoms with Crippen molar-refractivity contribution in [3.8, 4) is 0 Å². The molecule has 1 heterocycles. The Labute approximate surface area is 169 Å². The number of nitrogens with zero attached hydrogens (tertiary/aromatic N) is 2. The molecule has 0 radical (unpaired) electrons. The molecule has 1 atom stereocenters. The van der Waals surface area contributed by atoms with Crippen molar-refractivity contribution in [2.24, 2.45) is 5.16 Å². The van der Waals surface area contributed by atoms with Gasteiger partial charge in [-0.3, -0.25) is 0 Å². The summed E-state index contributed by atoms with van der Waals surface area (Å²) < 4.78 is 26.7. The minimum atomic E-state index is -0.413. The van der Waals surface area contributed by atoms with Gasteiger partial charge in [0.1, 0.15) is 11.6 Å². The zero-order valence-electron chi connectivity index (χ0n) is 16.8. The molecule has 29 heavy (non-hydrogen) atoms. The highest BCUT2D eigenvalue weighted by atomic mass is 19.1. The fourth-order valence-corrected chi connectivity index (χ4v) is 3.06. The summed E-state index contributed by atoms with van der Waals surface area (Å²) in [6.07, 6.45) is 0.156. The van der Waals surface area contributed by atoms with Crippen LogP contribution in [0, 0.1) is 11.6 Å². The van der Waals surface area contributed by atoms with E-state index >= 15 is 0 Å². The number of nitrogens with one attached hydrogen (secondary N) is 1. The maximum absolute atomic E-state index is 13.6. The molecule has 0 aliphatic carbocycles. The summed E-state index contributed by atoms with van der Waals surface area (Å²) in [5, 5.41) is 7.04. The molecule has 2 aromatic rings. The van der Waals surface area contributed by atoms with Crippen LogP contribution in [0.3, 0.4) is 0 Å². The minimum absolute atomic E-state index is 0.241. The number of carbonyl (C=O) groups excluding carboxylic acids is 1. The van der Waals surface area contributed by atoms with Gasteiger partial charge in [-0.25, -0.2) is 13.6 Å². The fourth-order valence-electron chi connectivity index (χ4n) is 3.06. The number of urea groups is 1. The minimum Gasteiger partial charge on any atom is -0.390 e. The van der Waals surface area contributed by atoms with Gasteiger partial charge in [0.25, 0.3) is 0 Å². The van der Waals surface area contributed by atoms with E-state index in [0.717, 1.165) is 5.56 Å². The molecule has 3 rings (SSSR count). The quantitative estimate of drug-likeness (QED) is 0.804. The van der Waals surface area contributed by atoms with E-state index < -0.39 is 5.54 Å². The molecule has 7 heteroatoms. The second kappa shape index (κ2) is 8.59. The summed E-state index contributed by atoms with van der Waals surface area (Å²) in [6, 6.07) is 12.0. The van der Waals surface area contributed by atoms with Crippen LogP contribution < -0.4 is 5.32 Å². The molecule has 0 aromatic heterocycles. The first-order valence-corrected chi connectivity index (χ1v) is 9.50. The molecular weight excluding hydrogens is 376 g/mol. The molecule has 0 saturated heterocycles. The first-order valence-electron chi connectivity index (χ1n) is 9.50. The van der Waals surface area contributed by atoms with Crippen LogP contribution in [0.15, 0.2) is 53.7 Å². The Balaban J connectivity index is 1.69. The molecule has 0 spiro atoms. The van der Waals surface area contributed by atoms with Gasteiger partial charge in [-0.2, -0.15) is 0 Å². The summed E-state index contributed by atoms with van der Waals surface area (Å²) >= 11 is 0. The zero-order chi connectivity index (χ0) is 21.0. The number of benzene rings is 2. The Kier molecular flexibility index (Phi) is 6.15. The first-order chi connectivity index (χ1) is 13.7. The highest BCUT2D eigenvalue weighted by Gasteiger charge is 2.28. The lowest BCUT2D eigenvalue weighted by atomic mass is 10.0. The van der Waals surface area contributed by atoms with Crippen molar-refractivity contribution in [2.45, 2.75) is 45.4 Å². The fraction of sp³-hybridized carbons (Fsp3) is 0.364. The van der Waals surface area contributed by atoms with Crippen LogP contribution in [-0.2, 0) is 11.4 Å². The van der Waals surface area contributed by atoms with Crippen LogP contribution in [0.5, 0.6) is 0 Å². The lowest BCUT2D eigenvalue weighted by molar-refractivity contribution is 0.0580. The normalized spacial score (nSPS) is 16.2. The number of rotatable bonds is 5. The number of hydrogen-bond donors (Lipinski definition) is 1. The van der Waals surface area contributed by atoms with E-state index in [1.54, 1.807) is 29.2 Å². The summed E-state index contributed by atoms with van der Waals surface area (Å²) in [5.41, 5.74) is 1.76. The van der Waals surface area contributed by atoms with E-state index in [0.29, 0.717) is 17.7 Å². The Morgan fingerprint density at radius 1 is 1.17 bits per heavy atom. The molecule has 2 amide bonds. The van der Waals surface area contributed by atoms with E-state index in [-0.39, 0.29) is 36.9 Å². The topological polar surface area (TPSA) is 53.9 Å². The second-order valence-corrected chi connectivity index (χ2v) is 8.17. The summed E-state index contributed by atoms with van der Waals surface area (Å²) in [5.74, 6) is -0.664. The maximum atomic E-state index is 13.6. The van der Waals surface area contributed by atoms with Crippen molar-refractivity contribution >= 4 is 11.7 Å². The van der Waals surface area contributed by atoms with Crippen molar-refractivity contribution in [3.05, 3.63) is 71.3 Å². The molecule has 0 fully saturated rings. The number of amides is 2. The van der Waals surface area contributed by atoms with Gasteiger partial charge in [-0.05, 0) is 56.2 Å². The van der Waals surface area contributed by atoms with Crippen molar-refractivity contribution in [3.63, 3.8) is 0 Å². The molecule has 1 N–H and O–H groups in total. The molecule has 1 aliphatic heterocycles. The Hall–Kier alpha value is -2.96. The lowest BCUT2D eigenvalue weighted by Crippen LogP contribution is -2.50. The molecule has 5 nitrogen and oxygen atoms in total. The number of hydrogen-bond acceptors (Lipinski definition) is 3. The SMILES string of the molecule is CC(C)(C)NC(=O)N(Cc1cccc(F)c1)C[C@H]1CC(c2ccc(F)cc2)=NO1. The van der Waals surface area contributed by atoms with Gasteiger partial charge >= 0.3 is 6.03 Å². The predicted octanol–water partition coefficient (Wildman–Crippen LogP) is 4.47. The Morgan fingerprint density at radius 3 is 2.55 bits per heavy atom. The first kappa shape index (κ1) is 20.8. The average molecular weight is 401 g/mol. The van der Waals surface area contributed by atoms with E-state index in [2.05, 4.69) is 10.5 Å². The standard InChI is InChI=1S/C22H25F2N3O2/c1-22(2,3)25-21(28)27(13-15-5-4-6-18(24)11-15)14-19-12-20(26-29-19)16-7-9-17(23)10-8-16/h4-11,19H,12-14H2,1-3H3,(H,25,28)/t19-/m1/s1. The molecule has 0 bridgehead atoms. The lowest BCUT2D eigenvalue weighted by Gasteiger charge is -2.29. The predicted molar refractivity (Wildman–Crippen MR) is 108 cm³/mol. The van der Waals surface area contributed by atoms with Crippen LogP contribution in [0.25, 0.3) is 0 Å². The summed E-state index contributed by atoms with van der Waals surface area (Å²) in [4.78, 5) is 19.9. The molecule has 0 unspecified atom stereocenters. The number of halogens is 2. The number of carbonyl (C=O) groups is 1. The molecule has 1 aliphatic rings. The monoisotopic (exact) mass is 401 g/mol. The van der Waals surface area contributed by atoms with Crippen molar-refractivity contribution in [2.75, 3.05) is 6.54 Å². The Morgan fingerprint density at radius 2 is 1.90 bits per heavy atom. The molecule has 0 saturated carbocycles. The largest absolute Gasteiger partial charge is 0.390 e. The highest BCUT2D eigenvalue weighted by molar-refractivity contribution is 6.01. The van der Waals surface area contributed by atoms with Crippen molar-refractivity contribution in [1.29, 1.82) is 0 Å². The van der Waals surface area contributed by atoms with Crippen LogP contribution >= 0.6 is 0 Å². The van der Waals surface area contributed by atoms with Crippen molar-refractivity contribution < 1.29 is 18.4 Å². The van der Waals surface area contributed by atoms with Crippen molar-refractivity contribution in [1.82, 2.24) is 10.2 Å². The molecule has 2 aromatic carbocycles. The van der Waals surface area contributed by atoms with Crippen LogP contribution in [-0.4, -0.2) is 34.8 Å². The third-order valence-corrected chi connectivity index (χ3v) is 4.37.